The summed E-state index contributed by atoms with van der Waals surface area (Å²) in [6.07, 6.45) is -3.24. The van der Waals surface area contributed by atoms with Crippen molar-refractivity contribution in [2.45, 2.75) is 25.1 Å². The number of aliphatic hydroxyl groups excluding tert-OH is 1. The van der Waals surface area contributed by atoms with Gasteiger partial charge < -0.3 is 10.0 Å². The molecule has 94 valence electrons. The molecule has 0 aromatic heterocycles. The van der Waals surface area contributed by atoms with Crippen molar-refractivity contribution in [1.82, 2.24) is 0 Å². The molecule has 0 aliphatic carbocycles. The summed E-state index contributed by atoms with van der Waals surface area (Å²) in [7, 11) is 0. The van der Waals surface area contributed by atoms with E-state index in [-0.39, 0.29) is 0 Å². The lowest BCUT2D eigenvalue weighted by atomic mass is 10.1. The van der Waals surface area contributed by atoms with Gasteiger partial charge in [-0.15, -0.1) is 0 Å². The molecular weight excluding hydrogens is 231 g/mol. The Hall–Kier alpha value is -1.23. The van der Waals surface area contributed by atoms with E-state index >= 15 is 0 Å². The minimum absolute atomic E-state index is 0.404. The maximum atomic E-state index is 12.5. The number of β-amino-alcohol motifs (C(OH)–C–C–N with tert-alkyl or cyclic N) is 1. The molecule has 1 N–H and O–H groups in total. The van der Waals surface area contributed by atoms with Gasteiger partial charge in [0.1, 0.15) is 0 Å². The van der Waals surface area contributed by atoms with Crippen molar-refractivity contribution in [3.8, 4) is 0 Å². The SMILES string of the molecule is OC1CCCN(c2cccc(C(F)(F)F)c2)C1. The van der Waals surface area contributed by atoms with Crippen LogP contribution in [0.25, 0.3) is 0 Å². The molecule has 5 heteroatoms. The molecule has 0 spiro atoms. The van der Waals surface area contributed by atoms with Crippen LogP contribution in [0.5, 0.6) is 0 Å². The highest BCUT2D eigenvalue weighted by Crippen LogP contribution is 2.32. The van der Waals surface area contributed by atoms with E-state index in [9.17, 15) is 18.3 Å². The molecule has 1 aromatic carbocycles. The van der Waals surface area contributed by atoms with E-state index in [1.165, 1.54) is 6.07 Å². The summed E-state index contributed by atoms with van der Waals surface area (Å²) in [4.78, 5) is 1.80. The molecule has 1 heterocycles. The largest absolute Gasteiger partial charge is 0.416 e. The van der Waals surface area contributed by atoms with Gasteiger partial charge in [-0.2, -0.15) is 13.2 Å². The Kier molecular flexibility index (Phi) is 3.28. The predicted octanol–water partition coefficient (Wildman–Crippen LogP) is 2.67. The summed E-state index contributed by atoms with van der Waals surface area (Å²) in [5.41, 5.74) is -0.117. The number of piperidine rings is 1. The van der Waals surface area contributed by atoms with Crippen LogP contribution in [0.1, 0.15) is 18.4 Å². The molecule has 0 bridgehead atoms. The number of hydrogen-bond donors (Lipinski definition) is 1. The molecule has 1 fully saturated rings. The van der Waals surface area contributed by atoms with Crippen LogP contribution in [0.15, 0.2) is 24.3 Å². The monoisotopic (exact) mass is 245 g/mol. The molecule has 2 rings (SSSR count). The molecule has 1 atom stereocenters. The van der Waals surface area contributed by atoms with Gasteiger partial charge in [0.25, 0.3) is 0 Å². The molecular formula is C12H14F3NO. The number of halogens is 3. The van der Waals surface area contributed by atoms with Crippen LogP contribution in [0.4, 0.5) is 18.9 Å². The quantitative estimate of drug-likeness (QED) is 0.822. The molecule has 1 aromatic rings. The van der Waals surface area contributed by atoms with Crippen LogP contribution < -0.4 is 4.90 Å². The smallest absolute Gasteiger partial charge is 0.391 e. The van der Waals surface area contributed by atoms with Gasteiger partial charge in [0.2, 0.25) is 0 Å². The average Bonchev–Trinajstić information content (AvgIpc) is 2.28. The molecule has 1 aliphatic heterocycles. The topological polar surface area (TPSA) is 23.5 Å². The van der Waals surface area contributed by atoms with Crippen LogP contribution in [0.3, 0.4) is 0 Å². The lowest BCUT2D eigenvalue weighted by Gasteiger charge is -2.32. The minimum Gasteiger partial charge on any atom is -0.391 e. The van der Waals surface area contributed by atoms with E-state index in [4.69, 9.17) is 0 Å². The first kappa shape index (κ1) is 12.2. The fraction of sp³-hybridized carbons (Fsp3) is 0.500. The van der Waals surface area contributed by atoms with Gasteiger partial charge >= 0.3 is 6.18 Å². The second kappa shape index (κ2) is 4.56. The molecule has 1 unspecified atom stereocenters. The van der Waals surface area contributed by atoms with E-state index in [0.717, 1.165) is 25.0 Å². The first-order chi connectivity index (χ1) is 7.97. The summed E-state index contributed by atoms with van der Waals surface area (Å²) in [5.74, 6) is 0. The third-order valence-corrected chi connectivity index (χ3v) is 2.94. The lowest BCUT2D eigenvalue weighted by Crippen LogP contribution is -2.38. The van der Waals surface area contributed by atoms with E-state index in [1.54, 1.807) is 11.0 Å². The van der Waals surface area contributed by atoms with Crippen molar-refractivity contribution < 1.29 is 18.3 Å². The third-order valence-electron chi connectivity index (χ3n) is 2.94. The van der Waals surface area contributed by atoms with Gasteiger partial charge in [0.05, 0.1) is 11.7 Å². The van der Waals surface area contributed by atoms with Crippen LogP contribution in [-0.2, 0) is 6.18 Å². The third kappa shape index (κ3) is 2.91. The van der Waals surface area contributed by atoms with Crippen molar-refractivity contribution in [3.63, 3.8) is 0 Å². The Bertz CT molecular complexity index is 392. The van der Waals surface area contributed by atoms with Crippen molar-refractivity contribution in [2.24, 2.45) is 0 Å². The molecule has 1 saturated heterocycles. The van der Waals surface area contributed by atoms with E-state index < -0.39 is 17.8 Å². The predicted molar refractivity (Wildman–Crippen MR) is 58.9 cm³/mol. The van der Waals surface area contributed by atoms with Gasteiger partial charge in [0.15, 0.2) is 0 Å². The normalized spacial score (nSPS) is 21.6. The molecule has 0 saturated carbocycles. The van der Waals surface area contributed by atoms with E-state index in [2.05, 4.69) is 0 Å². The molecule has 0 amide bonds. The summed E-state index contributed by atoms with van der Waals surface area (Å²) < 4.78 is 37.6. The summed E-state index contributed by atoms with van der Waals surface area (Å²) in [6.45, 7) is 1.10. The highest BCUT2D eigenvalue weighted by molar-refractivity contribution is 5.49. The Morgan fingerprint density at radius 2 is 2.06 bits per heavy atom. The maximum Gasteiger partial charge on any atom is 0.416 e. The van der Waals surface area contributed by atoms with Crippen molar-refractivity contribution >= 4 is 5.69 Å². The molecule has 0 radical (unpaired) electrons. The highest BCUT2D eigenvalue weighted by Gasteiger charge is 2.31. The van der Waals surface area contributed by atoms with Crippen LogP contribution in [-0.4, -0.2) is 24.3 Å². The van der Waals surface area contributed by atoms with Crippen molar-refractivity contribution in [2.75, 3.05) is 18.0 Å². The number of anilines is 1. The minimum atomic E-state index is -4.32. The first-order valence-corrected chi connectivity index (χ1v) is 5.57. The van der Waals surface area contributed by atoms with Gasteiger partial charge in [-0.3, -0.25) is 0 Å². The van der Waals surface area contributed by atoms with Crippen LogP contribution in [0.2, 0.25) is 0 Å². The fourth-order valence-electron chi connectivity index (χ4n) is 2.07. The summed E-state index contributed by atoms with van der Waals surface area (Å²) in [5, 5.41) is 9.51. The Morgan fingerprint density at radius 3 is 2.71 bits per heavy atom. The Balaban J connectivity index is 2.21. The van der Waals surface area contributed by atoms with E-state index in [1.807, 2.05) is 0 Å². The zero-order chi connectivity index (χ0) is 12.5. The maximum absolute atomic E-state index is 12.5. The standard InChI is InChI=1S/C12H14F3NO/c13-12(14,15)9-3-1-4-10(7-9)16-6-2-5-11(17)8-16/h1,3-4,7,11,17H,2,5-6,8H2. The van der Waals surface area contributed by atoms with Gasteiger partial charge in [0, 0.05) is 18.8 Å². The van der Waals surface area contributed by atoms with Gasteiger partial charge in [-0.1, -0.05) is 6.07 Å². The van der Waals surface area contributed by atoms with Gasteiger partial charge in [-0.05, 0) is 31.0 Å². The number of hydrogen-bond acceptors (Lipinski definition) is 2. The number of nitrogens with zero attached hydrogens (tertiary/aromatic N) is 1. The average molecular weight is 245 g/mol. The van der Waals surface area contributed by atoms with Crippen LogP contribution >= 0.6 is 0 Å². The summed E-state index contributed by atoms with van der Waals surface area (Å²) in [6, 6.07) is 5.24. The number of rotatable bonds is 1. The number of alkyl halides is 3. The summed E-state index contributed by atoms with van der Waals surface area (Å²) >= 11 is 0. The second-order valence-electron chi connectivity index (χ2n) is 4.29. The zero-order valence-corrected chi connectivity index (χ0v) is 9.24. The highest BCUT2D eigenvalue weighted by atomic mass is 19.4. The molecule has 17 heavy (non-hydrogen) atoms. The number of benzene rings is 1. The van der Waals surface area contributed by atoms with Crippen molar-refractivity contribution in [3.05, 3.63) is 29.8 Å². The first-order valence-electron chi connectivity index (χ1n) is 5.57. The van der Waals surface area contributed by atoms with Crippen molar-refractivity contribution in [1.29, 1.82) is 0 Å². The lowest BCUT2D eigenvalue weighted by molar-refractivity contribution is -0.137. The van der Waals surface area contributed by atoms with Crippen LogP contribution in [0, 0.1) is 0 Å². The Morgan fingerprint density at radius 1 is 1.29 bits per heavy atom. The molecule has 2 nitrogen and oxygen atoms in total. The second-order valence-corrected chi connectivity index (χ2v) is 4.29. The molecule has 1 aliphatic rings. The van der Waals surface area contributed by atoms with E-state index in [0.29, 0.717) is 18.8 Å². The fourth-order valence-corrected chi connectivity index (χ4v) is 2.07. The zero-order valence-electron chi connectivity index (χ0n) is 9.24. The van der Waals surface area contributed by atoms with Gasteiger partial charge in [-0.25, -0.2) is 0 Å². The Labute approximate surface area is 97.7 Å². The number of aliphatic hydroxyl groups is 1.